The molecule has 1 heterocycles. The average Bonchev–Trinajstić information content (AvgIpc) is 3.35. The Morgan fingerprint density at radius 3 is 1.94 bits per heavy atom. The van der Waals surface area contributed by atoms with E-state index in [9.17, 15) is 9.59 Å². The lowest BCUT2D eigenvalue weighted by molar-refractivity contribution is 0.0497. The van der Waals surface area contributed by atoms with Crippen molar-refractivity contribution in [2.75, 3.05) is 12.3 Å². The zero-order valence-electron chi connectivity index (χ0n) is 27.9. The van der Waals surface area contributed by atoms with Gasteiger partial charge in [0.2, 0.25) is 0 Å². The molecule has 0 fully saturated rings. The lowest BCUT2D eigenvalue weighted by atomic mass is 10.1. The highest BCUT2D eigenvalue weighted by atomic mass is 35.5. The van der Waals surface area contributed by atoms with Crippen molar-refractivity contribution in [2.24, 2.45) is 0 Å². The Labute approximate surface area is 295 Å². The Balaban J connectivity index is 0.000000269. The molecule has 256 valence electrons. The van der Waals surface area contributed by atoms with Crippen LogP contribution in [0.1, 0.15) is 101 Å². The summed E-state index contributed by atoms with van der Waals surface area (Å²) in [5.41, 5.74) is 8.24. The van der Waals surface area contributed by atoms with Crippen molar-refractivity contribution < 1.29 is 19.1 Å². The number of hydrogen-bond donors (Lipinski definition) is 1. The van der Waals surface area contributed by atoms with Gasteiger partial charge in [-0.2, -0.15) is 0 Å². The number of nitrogen functional groups attached to an aromatic ring is 1. The minimum Gasteiger partial charge on any atom is -0.462 e. The molecule has 2 N–H and O–H groups in total. The summed E-state index contributed by atoms with van der Waals surface area (Å²) in [7, 11) is 0. The highest BCUT2D eigenvalue weighted by molar-refractivity contribution is 6.61. The molecule has 0 amide bonds. The first kappa shape index (κ1) is 40.0. The van der Waals surface area contributed by atoms with Gasteiger partial charge in [-0.1, -0.05) is 131 Å². The van der Waals surface area contributed by atoms with Crippen molar-refractivity contribution in [3.05, 3.63) is 94.1 Å². The number of aromatic nitrogens is 1. The van der Waals surface area contributed by atoms with E-state index < -0.39 is 5.43 Å². The number of unbranched alkanes of at least 4 members (excludes halogenated alkanes) is 9. The van der Waals surface area contributed by atoms with Crippen LogP contribution in [0.3, 0.4) is 0 Å². The second kappa shape index (κ2) is 23.2. The largest absolute Gasteiger partial charge is 0.462 e. The highest BCUT2D eigenvalue weighted by Gasteiger charge is 2.12. The predicted molar refractivity (Wildman–Crippen MR) is 198 cm³/mol. The SMILES string of the molecule is CCCCCCCCCCCCOC(=O)c1ccc(Cl)c(N)c1.CCc1c(Cl)n(CC)c2ccccc12.O=C(Cl)Oc1ccccc1. The van der Waals surface area contributed by atoms with Crippen molar-refractivity contribution >= 4 is 62.8 Å². The Bertz CT molecular complexity index is 1450. The van der Waals surface area contributed by atoms with Crippen LogP contribution >= 0.6 is 34.8 Å². The van der Waals surface area contributed by atoms with Gasteiger partial charge in [0.15, 0.2) is 0 Å². The van der Waals surface area contributed by atoms with Gasteiger partial charge in [-0.15, -0.1) is 0 Å². The molecule has 0 atom stereocenters. The van der Waals surface area contributed by atoms with Gasteiger partial charge in [-0.25, -0.2) is 9.59 Å². The number of carbonyl (C=O) groups is 2. The van der Waals surface area contributed by atoms with Crippen molar-refractivity contribution in [3.8, 4) is 5.75 Å². The smallest absolute Gasteiger partial charge is 0.409 e. The molecule has 0 spiro atoms. The normalized spacial score (nSPS) is 10.4. The fourth-order valence-corrected chi connectivity index (χ4v) is 5.73. The number of ether oxygens (including phenoxy) is 2. The summed E-state index contributed by atoms with van der Waals surface area (Å²) in [5, 5.41) is 2.65. The van der Waals surface area contributed by atoms with Crippen molar-refractivity contribution in [3.63, 3.8) is 0 Å². The first-order valence-corrected chi connectivity index (χ1v) is 17.8. The minimum atomic E-state index is -0.814. The van der Waals surface area contributed by atoms with E-state index in [0.717, 1.165) is 31.0 Å². The Kier molecular flexibility index (Phi) is 19.7. The molecule has 0 aliphatic rings. The number of benzene rings is 3. The van der Waals surface area contributed by atoms with E-state index >= 15 is 0 Å². The molecule has 9 heteroatoms. The van der Waals surface area contributed by atoms with Gasteiger partial charge in [0.05, 0.1) is 22.9 Å². The fourth-order valence-electron chi connectivity index (χ4n) is 5.08. The molecule has 6 nitrogen and oxygen atoms in total. The van der Waals surface area contributed by atoms with Crippen LogP contribution in [-0.4, -0.2) is 22.6 Å². The number of fused-ring (bicyclic) bond motifs is 1. The number of aryl methyl sites for hydroxylation is 2. The molecular weight excluding hydrogens is 655 g/mol. The van der Waals surface area contributed by atoms with Gasteiger partial charge in [0, 0.05) is 29.0 Å². The fraction of sp³-hybridized carbons (Fsp3) is 0.421. The maximum Gasteiger partial charge on any atom is 0.409 e. The molecule has 4 rings (SSSR count). The van der Waals surface area contributed by atoms with Crippen LogP contribution in [-0.2, 0) is 17.7 Å². The second-order valence-corrected chi connectivity index (χ2v) is 12.2. The number of esters is 1. The van der Waals surface area contributed by atoms with Crippen LogP contribution in [0.25, 0.3) is 10.9 Å². The van der Waals surface area contributed by atoms with Crippen molar-refractivity contribution in [1.29, 1.82) is 0 Å². The zero-order valence-corrected chi connectivity index (χ0v) is 30.2. The number of carbonyl (C=O) groups excluding carboxylic acids is 2. The summed E-state index contributed by atoms with van der Waals surface area (Å²) in [6.45, 7) is 7.91. The number of nitrogens with two attached hydrogens (primary N) is 1. The van der Waals surface area contributed by atoms with E-state index in [1.54, 1.807) is 42.5 Å². The number of hydrogen-bond acceptors (Lipinski definition) is 5. The average molecular weight is 704 g/mol. The molecule has 0 unspecified atom stereocenters. The first-order valence-electron chi connectivity index (χ1n) is 16.6. The quantitative estimate of drug-likeness (QED) is 0.0576. The third kappa shape index (κ3) is 14.6. The van der Waals surface area contributed by atoms with E-state index in [1.807, 2.05) is 6.07 Å². The molecule has 0 saturated heterocycles. The Morgan fingerprint density at radius 1 is 0.766 bits per heavy atom. The molecule has 3 aromatic carbocycles. The highest BCUT2D eigenvalue weighted by Crippen LogP contribution is 2.30. The van der Waals surface area contributed by atoms with Crippen LogP contribution in [0, 0.1) is 0 Å². The lowest BCUT2D eigenvalue weighted by Gasteiger charge is -2.06. The number of nitrogens with zero attached hydrogens (tertiary/aromatic N) is 1. The number of para-hydroxylation sites is 2. The monoisotopic (exact) mass is 702 g/mol. The molecular formula is C38H49Cl3N2O4. The summed E-state index contributed by atoms with van der Waals surface area (Å²) in [5.74, 6) is 0.131. The van der Waals surface area contributed by atoms with Crippen molar-refractivity contribution in [2.45, 2.75) is 97.9 Å². The van der Waals surface area contributed by atoms with Gasteiger partial charge in [0.1, 0.15) is 10.9 Å². The summed E-state index contributed by atoms with van der Waals surface area (Å²) in [6.07, 6.45) is 13.6. The molecule has 0 saturated carbocycles. The number of halogens is 3. The van der Waals surface area contributed by atoms with Crippen molar-refractivity contribution in [1.82, 2.24) is 4.57 Å². The number of anilines is 1. The molecule has 47 heavy (non-hydrogen) atoms. The molecule has 1 aromatic heterocycles. The van der Waals surface area contributed by atoms with E-state index in [0.29, 0.717) is 28.6 Å². The van der Waals surface area contributed by atoms with Gasteiger partial charge >= 0.3 is 11.4 Å². The summed E-state index contributed by atoms with van der Waals surface area (Å²) >= 11 is 17.1. The zero-order chi connectivity index (χ0) is 34.4. The van der Waals surface area contributed by atoms with Gasteiger partial charge in [-0.3, -0.25) is 0 Å². The second-order valence-electron chi connectivity index (χ2n) is 11.1. The Morgan fingerprint density at radius 2 is 1.36 bits per heavy atom. The molecule has 0 bridgehead atoms. The van der Waals surface area contributed by atoms with E-state index in [4.69, 9.17) is 45.3 Å². The third-order valence-electron chi connectivity index (χ3n) is 7.58. The Hall–Kier alpha value is -3.19. The van der Waals surface area contributed by atoms with Crippen LogP contribution < -0.4 is 10.5 Å². The number of rotatable bonds is 15. The minimum absolute atomic E-state index is 0.329. The standard InChI is InChI=1S/C19H30ClNO2.C12H14ClN.C7H5ClO2/c1-2-3-4-5-6-7-8-9-10-11-14-23-19(22)16-12-13-17(20)18(21)15-16;1-3-9-10-7-5-6-8-11(10)14(4-2)12(9)13;8-7(9)10-6-4-2-1-3-5-6/h12-13,15H,2-11,14,21H2,1H3;5-8H,3-4H2,1-2H3;1-5H. The van der Waals surface area contributed by atoms with Crippen LogP contribution in [0.4, 0.5) is 10.5 Å². The third-order valence-corrected chi connectivity index (χ3v) is 8.43. The molecule has 0 aliphatic heterocycles. The molecule has 4 aromatic rings. The van der Waals surface area contributed by atoms with Gasteiger partial charge < -0.3 is 19.8 Å². The summed E-state index contributed by atoms with van der Waals surface area (Å²) < 4.78 is 12.0. The topological polar surface area (TPSA) is 83.5 Å². The maximum atomic E-state index is 11.8. The van der Waals surface area contributed by atoms with Crippen LogP contribution in [0.5, 0.6) is 5.75 Å². The van der Waals surface area contributed by atoms with Gasteiger partial charge in [0.25, 0.3) is 0 Å². The van der Waals surface area contributed by atoms with E-state index in [-0.39, 0.29) is 5.97 Å². The molecule has 0 radical (unpaired) electrons. The first-order chi connectivity index (χ1) is 22.7. The summed E-state index contributed by atoms with van der Waals surface area (Å²) in [4.78, 5) is 22.0. The maximum absolute atomic E-state index is 11.8. The molecule has 0 aliphatic carbocycles. The summed E-state index contributed by atoms with van der Waals surface area (Å²) in [6, 6.07) is 21.9. The van der Waals surface area contributed by atoms with E-state index in [1.165, 1.54) is 67.8 Å². The predicted octanol–water partition coefficient (Wildman–Crippen LogP) is 12.3. The lowest BCUT2D eigenvalue weighted by Crippen LogP contribution is -2.07. The van der Waals surface area contributed by atoms with E-state index in [2.05, 4.69) is 54.3 Å². The van der Waals surface area contributed by atoms with Gasteiger partial charge in [-0.05, 0) is 61.7 Å². The van der Waals surface area contributed by atoms with Crippen LogP contribution in [0.2, 0.25) is 10.2 Å². The van der Waals surface area contributed by atoms with Crippen LogP contribution in [0.15, 0.2) is 72.8 Å².